The van der Waals surface area contributed by atoms with Crippen LogP contribution in [0.5, 0.6) is 0 Å². The summed E-state index contributed by atoms with van der Waals surface area (Å²) in [6, 6.07) is 10.0. The summed E-state index contributed by atoms with van der Waals surface area (Å²) in [4.78, 5) is 31.3. The van der Waals surface area contributed by atoms with Gasteiger partial charge in [-0.2, -0.15) is 0 Å². The number of likely N-dealkylation sites (N-methyl/N-ethyl adjacent to an activating group) is 1. The fourth-order valence-electron chi connectivity index (χ4n) is 2.26. The van der Waals surface area contributed by atoms with Crippen LogP contribution in [-0.2, 0) is 17.9 Å². The van der Waals surface area contributed by atoms with Crippen LogP contribution >= 0.6 is 22.9 Å². The van der Waals surface area contributed by atoms with E-state index in [4.69, 9.17) is 11.6 Å². The Morgan fingerprint density at radius 2 is 1.89 bits per heavy atom. The third kappa shape index (κ3) is 6.50. The molecule has 0 saturated carbocycles. The predicted molar refractivity (Wildman–Crippen MR) is 112 cm³/mol. The number of thiophene rings is 1. The van der Waals surface area contributed by atoms with Crippen molar-refractivity contribution in [3.63, 3.8) is 0 Å². The van der Waals surface area contributed by atoms with Crippen molar-refractivity contribution < 1.29 is 9.72 Å². The van der Waals surface area contributed by atoms with Gasteiger partial charge in [-0.1, -0.05) is 23.7 Å². The Hall–Kier alpha value is -2.65. The first kappa shape index (κ1) is 21.6. The van der Waals surface area contributed by atoms with E-state index < -0.39 is 4.92 Å². The number of carbonyl (C=O) groups is 1. The molecule has 2 rings (SSSR count). The molecule has 0 bridgehead atoms. The van der Waals surface area contributed by atoms with Gasteiger partial charge >= 0.3 is 0 Å². The summed E-state index contributed by atoms with van der Waals surface area (Å²) in [5.41, 5.74) is 0.866. The lowest BCUT2D eigenvalue weighted by Crippen LogP contribution is -2.43. The first-order valence-electron chi connectivity index (χ1n) is 8.43. The van der Waals surface area contributed by atoms with Crippen LogP contribution in [0, 0.1) is 10.1 Å². The summed E-state index contributed by atoms with van der Waals surface area (Å²) in [5, 5.41) is 13.8. The molecule has 1 heterocycles. The number of nitrogens with zero attached hydrogens (tertiary/aromatic N) is 4. The van der Waals surface area contributed by atoms with Crippen LogP contribution in [0.4, 0.5) is 5.69 Å². The van der Waals surface area contributed by atoms with E-state index in [1.807, 2.05) is 24.1 Å². The van der Waals surface area contributed by atoms with E-state index >= 15 is 0 Å². The van der Waals surface area contributed by atoms with Gasteiger partial charge in [-0.15, -0.1) is 11.3 Å². The average molecular weight is 424 g/mol. The van der Waals surface area contributed by atoms with E-state index in [2.05, 4.69) is 10.3 Å². The summed E-state index contributed by atoms with van der Waals surface area (Å²) >= 11 is 7.48. The number of benzene rings is 1. The molecule has 0 radical (unpaired) electrons. The van der Waals surface area contributed by atoms with Crippen LogP contribution in [0.1, 0.15) is 10.4 Å². The first-order valence-corrected chi connectivity index (χ1v) is 9.63. The maximum atomic E-state index is 11.9. The van der Waals surface area contributed by atoms with E-state index in [-0.39, 0.29) is 18.1 Å². The van der Waals surface area contributed by atoms with E-state index in [9.17, 15) is 14.9 Å². The molecule has 1 N–H and O–H groups in total. The van der Waals surface area contributed by atoms with Crippen molar-refractivity contribution in [2.45, 2.75) is 13.1 Å². The molecule has 1 amide bonds. The third-order valence-corrected chi connectivity index (χ3v) is 5.05. The third-order valence-electron chi connectivity index (χ3n) is 3.84. The predicted octanol–water partition coefficient (Wildman–Crippen LogP) is 2.98. The molecule has 0 unspecified atom stereocenters. The Kier molecular flexibility index (Phi) is 7.77. The molecule has 1 aromatic carbocycles. The molecule has 10 heteroatoms. The number of carbonyl (C=O) groups excluding carboxylic acids is 1. The van der Waals surface area contributed by atoms with Gasteiger partial charge in [-0.3, -0.25) is 14.9 Å². The van der Waals surface area contributed by atoms with Gasteiger partial charge in [0, 0.05) is 38.2 Å². The fourth-order valence-corrected chi connectivity index (χ4v) is 3.40. The number of aliphatic imine (C=N–C) groups is 1. The molecule has 0 aliphatic rings. The molecule has 28 heavy (non-hydrogen) atoms. The molecule has 150 valence electrons. The summed E-state index contributed by atoms with van der Waals surface area (Å²) in [6.45, 7) is 1.02. The minimum atomic E-state index is -0.438. The standard InChI is InChI=1S/C18H22ClN5O3S/c1-22(2)17(25)11-21-18(23(3)12-15-8-9-16(19)28-15)20-10-13-4-6-14(7-5-13)24(26)27/h4-9H,10-12H2,1-3H3,(H,20,21). The van der Waals surface area contributed by atoms with Crippen molar-refractivity contribution in [3.05, 3.63) is 61.3 Å². The van der Waals surface area contributed by atoms with Crippen molar-refractivity contribution in [1.82, 2.24) is 15.1 Å². The van der Waals surface area contributed by atoms with Crippen LogP contribution in [0.2, 0.25) is 4.34 Å². The molecular weight excluding hydrogens is 402 g/mol. The Balaban J connectivity index is 2.11. The number of amides is 1. The second-order valence-electron chi connectivity index (χ2n) is 6.27. The second-order valence-corrected chi connectivity index (χ2v) is 8.07. The Labute approximate surface area is 172 Å². The number of halogens is 1. The lowest BCUT2D eigenvalue weighted by Gasteiger charge is -2.22. The number of hydrogen-bond donors (Lipinski definition) is 1. The minimum Gasteiger partial charge on any atom is -0.347 e. The number of nitro groups is 1. The van der Waals surface area contributed by atoms with Gasteiger partial charge in [0.05, 0.1) is 28.9 Å². The van der Waals surface area contributed by atoms with Crippen LogP contribution < -0.4 is 5.32 Å². The molecule has 0 aliphatic heterocycles. The Morgan fingerprint density at radius 3 is 2.43 bits per heavy atom. The van der Waals surface area contributed by atoms with Crippen molar-refractivity contribution in [2.75, 3.05) is 27.7 Å². The zero-order valence-electron chi connectivity index (χ0n) is 15.9. The van der Waals surface area contributed by atoms with Gasteiger partial charge in [0.25, 0.3) is 5.69 Å². The number of nitro benzene ring substituents is 1. The Bertz CT molecular complexity index is 851. The molecule has 8 nitrogen and oxygen atoms in total. The number of rotatable bonds is 7. The lowest BCUT2D eigenvalue weighted by molar-refractivity contribution is -0.384. The lowest BCUT2D eigenvalue weighted by atomic mass is 10.2. The molecule has 1 aromatic heterocycles. The molecule has 0 atom stereocenters. The SMILES string of the molecule is CN(C)C(=O)CNC(=NCc1ccc([N+](=O)[O-])cc1)N(C)Cc1ccc(Cl)s1. The Morgan fingerprint density at radius 1 is 1.21 bits per heavy atom. The number of guanidine groups is 1. The number of non-ortho nitro benzene ring substituents is 1. The van der Waals surface area contributed by atoms with Gasteiger partial charge < -0.3 is 15.1 Å². The van der Waals surface area contributed by atoms with Crippen LogP contribution in [0.3, 0.4) is 0 Å². The number of hydrogen-bond acceptors (Lipinski definition) is 5. The highest BCUT2D eigenvalue weighted by Gasteiger charge is 2.12. The zero-order valence-corrected chi connectivity index (χ0v) is 17.5. The largest absolute Gasteiger partial charge is 0.347 e. The summed E-state index contributed by atoms with van der Waals surface area (Å²) in [6.07, 6.45) is 0. The van der Waals surface area contributed by atoms with Gasteiger partial charge in [-0.05, 0) is 17.7 Å². The first-order chi connectivity index (χ1) is 13.3. The van der Waals surface area contributed by atoms with Crippen LogP contribution in [0.25, 0.3) is 0 Å². The summed E-state index contributed by atoms with van der Waals surface area (Å²) < 4.78 is 0.712. The summed E-state index contributed by atoms with van der Waals surface area (Å²) in [7, 11) is 5.25. The second kappa shape index (κ2) is 10.0. The van der Waals surface area contributed by atoms with E-state index in [1.165, 1.54) is 28.4 Å². The molecule has 2 aromatic rings. The molecule has 0 saturated heterocycles. The molecule has 0 spiro atoms. The maximum Gasteiger partial charge on any atom is 0.269 e. The van der Waals surface area contributed by atoms with Gasteiger partial charge in [0.2, 0.25) is 5.91 Å². The van der Waals surface area contributed by atoms with E-state index in [0.717, 1.165) is 10.4 Å². The smallest absolute Gasteiger partial charge is 0.269 e. The van der Waals surface area contributed by atoms with Crippen LogP contribution in [0.15, 0.2) is 41.4 Å². The minimum absolute atomic E-state index is 0.0364. The monoisotopic (exact) mass is 423 g/mol. The van der Waals surface area contributed by atoms with Gasteiger partial charge in [-0.25, -0.2) is 4.99 Å². The van der Waals surface area contributed by atoms with Gasteiger partial charge in [0.15, 0.2) is 5.96 Å². The highest BCUT2D eigenvalue weighted by molar-refractivity contribution is 7.16. The van der Waals surface area contributed by atoms with Crippen molar-refractivity contribution in [1.29, 1.82) is 0 Å². The van der Waals surface area contributed by atoms with Crippen molar-refractivity contribution >= 4 is 40.5 Å². The molecular formula is C18H22ClN5O3S. The highest BCUT2D eigenvalue weighted by Crippen LogP contribution is 2.22. The number of nitrogens with one attached hydrogen (secondary N) is 1. The van der Waals surface area contributed by atoms with E-state index in [1.54, 1.807) is 26.2 Å². The van der Waals surface area contributed by atoms with Crippen molar-refractivity contribution in [3.8, 4) is 0 Å². The quantitative estimate of drug-likeness (QED) is 0.320. The zero-order chi connectivity index (χ0) is 20.7. The normalized spacial score (nSPS) is 11.2. The van der Waals surface area contributed by atoms with Gasteiger partial charge in [0.1, 0.15) is 0 Å². The van der Waals surface area contributed by atoms with Crippen molar-refractivity contribution in [2.24, 2.45) is 4.99 Å². The maximum absolute atomic E-state index is 11.9. The van der Waals surface area contributed by atoms with Crippen LogP contribution in [-0.4, -0.2) is 54.3 Å². The fraction of sp³-hybridized carbons (Fsp3) is 0.333. The molecule has 0 aliphatic carbocycles. The molecule has 0 fully saturated rings. The highest BCUT2D eigenvalue weighted by atomic mass is 35.5. The summed E-state index contributed by atoms with van der Waals surface area (Å²) in [5.74, 6) is 0.480. The van der Waals surface area contributed by atoms with E-state index in [0.29, 0.717) is 23.4 Å². The average Bonchev–Trinajstić information content (AvgIpc) is 3.06. The topological polar surface area (TPSA) is 91.1 Å².